The number of carbonyl (C=O) groups is 1. The molecule has 0 bridgehead atoms. The topological polar surface area (TPSA) is 70.7 Å². The molecule has 0 aliphatic heterocycles. The molecular weight excluding hydrogens is 298 g/mol. The number of hydrogen-bond acceptors (Lipinski definition) is 4. The van der Waals surface area contributed by atoms with Gasteiger partial charge in [0.25, 0.3) is 0 Å². The van der Waals surface area contributed by atoms with Crippen molar-refractivity contribution in [2.45, 2.75) is 30.7 Å². The molecule has 0 aliphatic carbocycles. The molecule has 8 heteroatoms. The van der Waals surface area contributed by atoms with Crippen LogP contribution in [0.25, 0.3) is 0 Å². The van der Waals surface area contributed by atoms with Crippen LogP contribution >= 0.6 is 11.8 Å². The molecule has 0 aliphatic rings. The van der Waals surface area contributed by atoms with E-state index in [1.54, 1.807) is 6.92 Å². The number of benzene rings is 1. The van der Waals surface area contributed by atoms with Gasteiger partial charge in [-0.25, -0.2) is 13.8 Å². The number of anilines is 1. The Labute approximate surface area is 124 Å². The number of rotatable bonds is 5. The smallest absolute Gasteiger partial charge is 0.237 e. The Morgan fingerprint density at radius 2 is 2.19 bits per heavy atom. The Balaban J connectivity index is 1.97. The van der Waals surface area contributed by atoms with Crippen molar-refractivity contribution in [2.24, 2.45) is 0 Å². The summed E-state index contributed by atoms with van der Waals surface area (Å²) < 4.78 is 25.9. The normalized spacial score (nSPS) is 12.2. The molecule has 1 atom stereocenters. The van der Waals surface area contributed by atoms with Crippen LogP contribution in [0.2, 0.25) is 0 Å². The number of carbonyl (C=O) groups excluding carboxylic acids is 1. The monoisotopic (exact) mass is 312 g/mol. The zero-order chi connectivity index (χ0) is 15.4. The number of nitrogens with zero attached hydrogens (tertiary/aromatic N) is 2. The van der Waals surface area contributed by atoms with Gasteiger partial charge in [0.1, 0.15) is 5.82 Å². The van der Waals surface area contributed by atoms with E-state index >= 15 is 0 Å². The summed E-state index contributed by atoms with van der Waals surface area (Å²) in [5, 5.41) is 9.25. The molecule has 1 unspecified atom stereocenters. The predicted octanol–water partition coefficient (Wildman–Crippen LogP) is 2.76. The number of amides is 1. The van der Waals surface area contributed by atoms with Crippen molar-refractivity contribution in [3.8, 4) is 0 Å². The number of aryl methyl sites for hydroxylation is 1. The third-order valence-electron chi connectivity index (χ3n) is 2.68. The van der Waals surface area contributed by atoms with Crippen molar-refractivity contribution in [1.82, 2.24) is 15.2 Å². The molecule has 1 amide bonds. The number of halogens is 2. The van der Waals surface area contributed by atoms with Gasteiger partial charge in [-0.15, -0.1) is 5.10 Å². The van der Waals surface area contributed by atoms with Gasteiger partial charge in [-0.05, 0) is 19.1 Å². The maximum atomic E-state index is 13.1. The second kappa shape index (κ2) is 6.66. The van der Waals surface area contributed by atoms with Crippen molar-refractivity contribution in [3.05, 3.63) is 35.7 Å². The first-order chi connectivity index (χ1) is 9.99. The van der Waals surface area contributed by atoms with Crippen LogP contribution in [0.5, 0.6) is 0 Å². The van der Waals surface area contributed by atoms with Gasteiger partial charge >= 0.3 is 0 Å². The van der Waals surface area contributed by atoms with E-state index in [2.05, 4.69) is 20.5 Å². The largest absolute Gasteiger partial charge is 0.325 e. The molecule has 0 fully saturated rings. The average molecular weight is 312 g/mol. The van der Waals surface area contributed by atoms with Crippen LogP contribution in [0.4, 0.5) is 14.5 Å². The highest BCUT2D eigenvalue weighted by Gasteiger charge is 2.17. The minimum Gasteiger partial charge on any atom is -0.325 e. The summed E-state index contributed by atoms with van der Waals surface area (Å²) in [5.74, 6) is -1.56. The second-order valence-electron chi connectivity index (χ2n) is 4.30. The van der Waals surface area contributed by atoms with Crippen LogP contribution in [0, 0.1) is 11.6 Å². The van der Waals surface area contributed by atoms with Crippen molar-refractivity contribution >= 4 is 23.4 Å². The molecule has 0 spiro atoms. The van der Waals surface area contributed by atoms with Crippen LogP contribution in [-0.4, -0.2) is 26.3 Å². The van der Waals surface area contributed by atoms with Crippen molar-refractivity contribution in [2.75, 3.05) is 5.32 Å². The van der Waals surface area contributed by atoms with Crippen LogP contribution in [0.3, 0.4) is 0 Å². The number of aromatic amines is 1. The first-order valence-electron chi connectivity index (χ1n) is 6.33. The molecule has 2 N–H and O–H groups in total. The van der Waals surface area contributed by atoms with Gasteiger partial charge in [-0.2, -0.15) is 0 Å². The molecule has 112 valence electrons. The zero-order valence-electron chi connectivity index (χ0n) is 11.5. The molecule has 0 radical (unpaired) electrons. The molecular formula is C13H14F2N4OS. The van der Waals surface area contributed by atoms with E-state index in [4.69, 9.17) is 0 Å². The fraction of sp³-hybridized carbons (Fsp3) is 0.308. The summed E-state index contributed by atoms with van der Waals surface area (Å²) in [6.45, 7) is 3.62. The standard InChI is InChI=1S/C13H14F2N4OS/c1-3-11-17-13(19-18-11)21-7(2)12(20)16-8-4-5-9(14)10(15)6-8/h4-7H,3H2,1-2H3,(H,16,20)(H,17,18,19). The quantitative estimate of drug-likeness (QED) is 0.833. The van der Waals surface area contributed by atoms with Crippen molar-refractivity contribution < 1.29 is 13.6 Å². The van der Waals surface area contributed by atoms with E-state index in [1.165, 1.54) is 17.8 Å². The van der Waals surface area contributed by atoms with Gasteiger partial charge in [0, 0.05) is 18.2 Å². The van der Waals surface area contributed by atoms with Crippen LogP contribution in [0.1, 0.15) is 19.7 Å². The Morgan fingerprint density at radius 3 is 2.81 bits per heavy atom. The lowest BCUT2D eigenvalue weighted by atomic mass is 10.3. The highest BCUT2D eigenvalue weighted by atomic mass is 32.2. The number of aromatic nitrogens is 3. The Morgan fingerprint density at radius 1 is 1.43 bits per heavy atom. The lowest BCUT2D eigenvalue weighted by Crippen LogP contribution is -2.22. The highest BCUT2D eigenvalue weighted by Crippen LogP contribution is 2.21. The Kier molecular flexibility index (Phi) is 4.89. The van der Waals surface area contributed by atoms with Gasteiger partial charge in [-0.3, -0.25) is 9.89 Å². The molecule has 0 saturated heterocycles. The first-order valence-corrected chi connectivity index (χ1v) is 7.21. The highest BCUT2D eigenvalue weighted by molar-refractivity contribution is 8.00. The van der Waals surface area contributed by atoms with Gasteiger partial charge in [-0.1, -0.05) is 18.7 Å². The number of H-pyrrole nitrogens is 1. The fourth-order valence-electron chi connectivity index (χ4n) is 1.52. The van der Waals surface area contributed by atoms with E-state index in [-0.39, 0.29) is 11.6 Å². The van der Waals surface area contributed by atoms with Gasteiger partial charge < -0.3 is 5.32 Å². The molecule has 1 aromatic carbocycles. The minimum atomic E-state index is -1.00. The molecule has 1 heterocycles. The molecule has 0 saturated carbocycles. The Bertz CT molecular complexity index is 647. The SMILES string of the molecule is CCc1nc(SC(C)C(=O)Nc2ccc(F)c(F)c2)n[nH]1. The molecule has 2 aromatic rings. The fourth-order valence-corrected chi connectivity index (χ4v) is 2.26. The summed E-state index contributed by atoms with van der Waals surface area (Å²) in [6, 6.07) is 3.20. The summed E-state index contributed by atoms with van der Waals surface area (Å²) in [4.78, 5) is 16.2. The van der Waals surface area contributed by atoms with E-state index in [1.807, 2.05) is 6.92 Å². The van der Waals surface area contributed by atoms with Crippen LogP contribution < -0.4 is 5.32 Å². The van der Waals surface area contributed by atoms with Gasteiger partial charge in [0.15, 0.2) is 11.6 Å². The predicted molar refractivity (Wildman–Crippen MR) is 76.1 cm³/mol. The Hall–Kier alpha value is -1.96. The van der Waals surface area contributed by atoms with Gasteiger partial charge in [0.2, 0.25) is 11.1 Å². The van der Waals surface area contributed by atoms with Crippen LogP contribution in [-0.2, 0) is 11.2 Å². The molecule has 21 heavy (non-hydrogen) atoms. The van der Waals surface area contributed by atoms with E-state index in [0.717, 1.165) is 24.4 Å². The summed E-state index contributed by atoms with van der Waals surface area (Å²) in [5.41, 5.74) is 0.204. The summed E-state index contributed by atoms with van der Waals surface area (Å²) in [7, 11) is 0. The number of thioether (sulfide) groups is 1. The first kappa shape index (κ1) is 15.4. The van der Waals surface area contributed by atoms with Crippen molar-refractivity contribution in [1.29, 1.82) is 0 Å². The van der Waals surface area contributed by atoms with Crippen LogP contribution in [0.15, 0.2) is 23.4 Å². The minimum absolute atomic E-state index is 0.204. The lowest BCUT2D eigenvalue weighted by Gasteiger charge is -2.10. The third-order valence-corrected chi connectivity index (χ3v) is 3.65. The summed E-state index contributed by atoms with van der Waals surface area (Å²) >= 11 is 1.18. The third kappa shape index (κ3) is 4.01. The maximum absolute atomic E-state index is 13.1. The number of hydrogen-bond donors (Lipinski definition) is 2. The van der Waals surface area contributed by atoms with E-state index in [0.29, 0.717) is 5.16 Å². The molecule has 2 rings (SSSR count). The zero-order valence-corrected chi connectivity index (χ0v) is 12.3. The molecule has 5 nitrogen and oxygen atoms in total. The summed E-state index contributed by atoms with van der Waals surface area (Å²) in [6.07, 6.45) is 0.725. The lowest BCUT2D eigenvalue weighted by molar-refractivity contribution is -0.115. The van der Waals surface area contributed by atoms with Crippen molar-refractivity contribution in [3.63, 3.8) is 0 Å². The number of nitrogens with one attached hydrogen (secondary N) is 2. The van der Waals surface area contributed by atoms with E-state index < -0.39 is 16.9 Å². The molecule has 1 aromatic heterocycles. The van der Waals surface area contributed by atoms with E-state index in [9.17, 15) is 13.6 Å². The average Bonchev–Trinajstić information content (AvgIpc) is 2.90. The van der Waals surface area contributed by atoms with Gasteiger partial charge in [0.05, 0.1) is 5.25 Å². The maximum Gasteiger partial charge on any atom is 0.237 e. The second-order valence-corrected chi connectivity index (χ2v) is 5.60.